The minimum atomic E-state index is 0.346. The highest BCUT2D eigenvalue weighted by Crippen LogP contribution is 2.29. The van der Waals surface area contributed by atoms with Crippen molar-refractivity contribution < 1.29 is 4.79 Å². The molecule has 1 aliphatic carbocycles. The molecule has 0 bridgehead atoms. The van der Waals surface area contributed by atoms with Crippen LogP contribution in [0.4, 0.5) is 0 Å². The number of hydrogen-bond acceptors (Lipinski definition) is 1. The van der Waals surface area contributed by atoms with Crippen LogP contribution in [0.25, 0.3) is 0 Å². The lowest BCUT2D eigenvalue weighted by Crippen LogP contribution is -2.20. The fraction of sp³-hybridized carbons (Fsp3) is 0.727. The Morgan fingerprint density at radius 2 is 2.00 bits per heavy atom. The molecule has 1 heteroatoms. The normalized spacial score (nSPS) is 29.8. The number of hydrogen-bond donors (Lipinski definition) is 0. The second kappa shape index (κ2) is 4.44. The van der Waals surface area contributed by atoms with Gasteiger partial charge in [-0.25, -0.2) is 0 Å². The predicted octanol–water partition coefficient (Wildman–Crippen LogP) is 2.96. The molecule has 0 aromatic rings. The third kappa shape index (κ3) is 2.47. The molecule has 0 spiro atoms. The maximum Gasteiger partial charge on any atom is 0.139 e. The van der Waals surface area contributed by atoms with Crippen molar-refractivity contribution in [3.8, 4) is 0 Å². The molecule has 0 N–H and O–H groups in total. The van der Waals surface area contributed by atoms with E-state index in [9.17, 15) is 4.79 Å². The van der Waals surface area contributed by atoms with Crippen molar-refractivity contribution in [3.05, 3.63) is 12.7 Å². The van der Waals surface area contributed by atoms with E-state index in [2.05, 4.69) is 13.5 Å². The summed E-state index contributed by atoms with van der Waals surface area (Å²) < 4.78 is 0. The van der Waals surface area contributed by atoms with Crippen LogP contribution in [0.5, 0.6) is 0 Å². The summed E-state index contributed by atoms with van der Waals surface area (Å²) in [4.78, 5) is 11.4. The first-order chi connectivity index (χ1) is 5.74. The first-order valence-corrected chi connectivity index (χ1v) is 4.87. The molecule has 0 saturated heterocycles. The molecule has 0 aromatic carbocycles. The first kappa shape index (κ1) is 9.50. The maximum absolute atomic E-state index is 11.4. The van der Waals surface area contributed by atoms with Gasteiger partial charge >= 0.3 is 0 Å². The average Bonchev–Trinajstić information content (AvgIpc) is 2.06. The quantitative estimate of drug-likeness (QED) is 0.589. The fourth-order valence-corrected chi connectivity index (χ4v) is 1.89. The van der Waals surface area contributed by atoms with E-state index in [1.165, 1.54) is 12.8 Å². The fourth-order valence-electron chi connectivity index (χ4n) is 1.89. The van der Waals surface area contributed by atoms with E-state index in [4.69, 9.17) is 0 Å². The number of carbonyl (C=O) groups is 1. The zero-order valence-corrected chi connectivity index (χ0v) is 7.88. The predicted molar refractivity (Wildman–Crippen MR) is 50.9 cm³/mol. The lowest BCUT2D eigenvalue weighted by atomic mass is 9.80. The van der Waals surface area contributed by atoms with Gasteiger partial charge in [0.25, 0.3) is 0 Å². The Hall–Kier alpha value is -0.590. The highest BCUT2D eigenvalue weighted by Gasteiger charge is 2.22. The Balaban J connectivity index is 2.33. The van der Waals surface area contributed by atoms with Gasteiger partial charge in [0.1, 0.15) is 5.78 Å². The van der Waals surface area contributed by atoms with E-state index >= 15 is 0 Å². The van der Waals surface area contributed by atoms with Gasteiger partial charge in [0.05, 0.1) is 0 Å². The summed E-state index contributed by atoms with van der Waals surface area (Å²) in [6, 6.07) is 0. The van der Waals surface area contributed by atoms with Gasteiger partial charge < -0.3 is 0 Å². The molecule has 0 aliphatic heterocycles. The van der Waals surface area contributed by atoms with Crippen LogP contribution in [0.1, 0.15) is 39.0 Å². The van der Waals surface area contributed by atoms with E-state index in [0.717, 1.165) is 18.8 Å². The van der Waals surface area contributed by atoms with Gasteiger partial charge in [0, 0.05) is 12.3 Å². The summed E-state index contributed by atoms with van der Waals surface area (Å²) in [5.41, 5.74) is 0. The van der Waals surface area contributed by atoms with Gasteiger partial charge in [0.15, 0.2) is 0 Å². The van der Waals surface area contributed by atoms with E-state index < -0.39 is 0 Å². The second-order valence-electron chi connectivity index (χ2n) is 3.92. The Bertz CT molecular complexity index is 164. The van der Waals surface area contributed by atoms with E-state index in [-0.39, 0.29) is 0 Å². The molecule has 0 atom stereocenters. The van der Waals surface area contributed by atoms with Gasteiger partial charge in [-0.2, -0.15) is 0 Å². The van der Waals surface area contributed by atoms with Gasteiger partial charge in [-0.1, -0.05) is 25.8 Å². The third-order valence-electron chi connectivity index (χ3n) is 2.82. The summed E-state index contributed by atoms with van der Waals surface area (Å²) in [7, 11) is 0. The summed E-state index contributed by atoms with van der Waals surface area (Å²) in [5.74, 6) is 1.58. The van der Waals surface area contributed by atoms with Gasteiger partial charge in [-0.3, -0.25) is 4.79 Å². The SMILES string of the molecule is C=CCC(=O)C1CCC(C)CC1. The molecule has 1 aliphatic rings. The molecule has 0 heterocycles. The lowest BCUT2D eigenvalue weighted by molar-refractivity contribution is -0.123. The minimum Gasteiger partial charge on any atom is -0.299 e. The molecule has 0 amide bonds. The molecule has 1 saturated carbocycles. The molecule has 1 rings (SSSR count). The van der Waals surface area contributed by atoms with Crippen molar-refractivity contribution in [2.75, 3.05) is 0 Å². The summed E-state index contributed by atoms with van der Waals surface area (Å²) in [6.07, 6.45) is 6.96. The smallest absolute Gasteiger partial charge is 0.139 e. The van der Waals surface area contributed by atoms with Crippen molar-refractivity contribution in [1.29, 1.82) is 0 Å². The van der Waals surface area contributed by atoms with Crippen LogP contribution >= 0.6 is 0 Å². The van der Waals surface area contributed by atoms with E-state index in [1.54, 1.807) is 6.08 Å². The first-order valence-electron chi connectivity index (χ1n) is 4.87. The van der Waals surface area contributed by atoms with Crippen molar-refractivity contribution >= 4 is 5.78 Å². The number of rotatable bonds is 3. The van der Waals surface area contributed by atoms with Crippen molar-refractivity contribution in [2.45, 2.75) is 39.0 Å². The maximum atomic E-state index is 11.4. The third-order valence-corrected chi connectivity index (χ3v) is 2.82. The van der Waals surface area contributed by atoms with Crippen LogP contribution in [0, 0.1) is 11.8 Å². The van der Waals surface area contributed by atoms with Crippen molar-refractivity contribution in [3.63, 3.8) is 0 Å². The summed E-state index contributed by atoms with van der Waals surface area (Å²) in [5, 5.41) is 0. The van der Waals surface area contributed by atoms with Gasteiger partial charge in [-0.05, 0) is 18.8 Å². The molecule has 12 heavy (non-hydrogen) atoms. The number of ketones is 1. The molecule has 68 valence electrons. The van der Waals surface area contributed by atoms with Crippen LogP contribution in [0.2, 0.25) is 0 Å². The lowest BCUT2D eigenvalue weighted by Gasteiger charge is -2.24. The molecular weight excluding hydrogens is 148 g/mol. The molecule has 0 unspecified atom stereocenters. The standard InChI is InChI=1S/C11H18O/c1-3-4-11(12)10-7-5-9(2)6-8-10/h3,9-10H,1,4-8H2,2H3. The highest BCUT2D eigenvalue weighted by atomic mass is 16.1. The molecule has 0 aromatic heterocycles. The zero-order valence-electron chi connectivity index (χ0n) is 7.88. The molecule has 1 fully saturated rings. The van der Waals surface area contributed by atoms with Crippen LogP contribution in [-0.4, -0.2) is 5.78 Å². The van der Waals surface area contributed by atoms with Gasteiger partial charge in [0.2, 0.25) is 0 Å². The summed E-state index contributed by atoms with van der Waals surface area (Å²) >= 11 is 0. The average molecular weight is 166 g/mol. The van der Waals surface area contributed by atoms with E-state index in [1.807, 2.05) is 0 Å². The number of Topliss-reactive ketones (excluding diaryl/α,β-unsaturated/α-hetero) is 1. The van der Waals surface area contributed by atoms with Crippen LogP contribution in [0.3, 0.4) is 0 Å². The topological polar surface area (TPSA) is 17.1 Å². The molecule has 1 nitrogen and oxygen atoms in total. The summed E-state index contributed by atoms with van der Waals surface area (Å²) in [6.45, 7) is 5.86. The van der Waals surface area contributed by atoms with Crippen molar-refractivity contribution in [2.24, 2.45) is 11.8 Å². The Kier molecular flexibility index (Phi) is 3.51. The monoisotopic (exact) mass is 166 g/mol. The Labute approximate surface area is 74.9 Å². The zero-order chi connectivity index (χ0) is 8.97. The van der Waals surface area contributed by atoms with Crippen molar-refractivity contribution in [1.82, 2.24) is 0 Å². The largest absolute Gasteiger partial charge is 0.299 e. The number of allylic oxidation sites excluding steroid dienone is 1. The molecular formula is C11H18O. The molecule has 0 radical (unpaired) electrons. The minimum absolute atomic E-state index is 0.346. The van der Waals surface area contributed by atoms with Crippen LogP contribution < -0.4 is 0 Å². The second-order valence-corrected chi connectivity index (χ2v) is 3.92. The Morgan fingerprint density at radius 3 is 2.50 bits per heavy atom. The Morgan fingerprint density at radius 1 is 1.42 bits per heavy atom. The van der Waals surface area contributed by atoms with Crippen LogP contribution in [-0.2, 0) is 4.79 Å². The van der Waals surface area contributed by atoms with Crippen LogP contribution in [0.15, 0.2) is 12.7 Å². The highest BCUT2D eigenvalue weighted by molar-refractivity contribution is 5.82. The van der Waals surface area contributed by atoms with E-state index in [0.29, 0.717) is 18.1 Å². The van der Waals surface area contributed by atoms with Gasteiger partial charge in [-0.15, -0.1) is 6.58 Å². The number of carbonyl (C=O) groups excluding carboxylic acids is 1.